The summed E-state index contributed by atoms with van der Waals surface area (Å²) in [6.07, 6.45) is 2.31. The molecule has 0 aromatic rings. The Morgan fingerprint density at radius 1 is 0.972 bits per heavy atom. The molecule has 0 aromatic carbocycles. The van der Waals surface area contributed by atoms with Gasteiger partial charge in [-0.2, -0.15) is 0 Å². The molecule has 0 aromatic heterocycles. The third kappa shape index (κ3) is 3.79. The van der Waals surface area contributed by atoms with Crippen molar-refractivity contribution in [2.24, 2.45) is 34.5 Å². The van der Waals surface area contributed by atoms with Crippen LogP contribution in [0.5, 0.6) is 0 Å². The Kier molecular flexibility index (Phi) is 6.78. The van der Waals surface area contributed by atoms with Gasteiger partial charge in [-0.15, -0.1) is 0 Å². The molecule has 1 saturated heterocycles. The van der Waals surface area contributed by atoms with Crippen LogP contribution in [-0.4, -0.2) is 73.8 Å². The average molecular weight is 512 g/mol. The molecule has 36 heavy (non-hydrogen) atoms. The van der Waals surface area contributed by atoms with E-state index in [-0.39, 0.29) is 28.3 Å². The Bertz CT molecular complexity index is 858. The molecule has 0 radical (unpaired) electrons. The van der Waals surface area contributed by atoms with Crippen molar-refractivity contribution in [3.8, 4) is 0 Å². The lowest BCUT2D eigenvalue weighted by molar-refractivity contribution is -0.532. The van der Waals surface area contributed by atoms with Crippen LogP contribution in [0.4, 0.5) is 0 Å². The first-order chi connectivity index (χ1) is 16.8. The summed E-state index contributed by atoms with van der Waals surface area (Å²) < 4.78 is 11.9. The van der Waals surface area contributed by atoms with Crippen molar-refractivity contribution in [3.05, 3.63) is 10.1 Å². The van der Waals surface area contributed by atoms with E-state index in [9.17, 15) is 30.5 Å². The molecule has 5 fully saturated rings. The molecule has 4 N–H and O–H groups in total. The van der Waals surface area contributed by atoms with Gasteiger partial charge in [0, 0.05) is 23.2 Å². The van der Waals surface area contributed by atoms with Gasteiger partial charge in [-0.25, -0.2) is 0 Å². The minimum atomic E-state index is -1.30. The third-order valence-corrected chi connectivity index (χ3v) is 11.9. The summed E-state index contributed by atoms with van der Waals surface area (Å²) in [5.74, 6) is 0.883. The van der Waals surface area contributed by atoms with Crippen molar-refractivity contribution in [2.45, 2.75) is 134 Å². The van der Waals surface area contributed by atoms with E-state index in [0.717, 1.165) is 51.4 Å². The SMILES string of the molecule is C[C@@H]1O[C@H](O[C@H]2CC[C@@]3(C)[C@H](CC[C@@H]4[C@@H]3CC[C@]3(C)[C@@H]([C@@H](C)[N+](=O)[O-])CC[C@]43O)C2)[C@H](O)[C@H](O)[C@H]1O. The Balaban J connectivity index is 1.29. The predicted molar refractivity (Wildman–Crippen MR) is 130 cm³/mol. The monoisotopic (exact) mass is 511 g/mol. The van der Waals surface area contributed by atoms with E-state index in [4.69, 9.17) is 9.47 Å². The van der Waals surface area contributed by atoms with E-state index < -0.39 is 47.8 Å². The highest BCUT2D eigenvalue weighted by atomic mass is 16.7. The van der Waals surface area contributed by atoms with Gasteiger partial charge in [0.15, 0.2) is 6.29 Å². The summed E-state index contributed by atoms with van der Waals surface area (Å²) >= 11 is 0. The van der Waals surface area contributed by atoms with Crippen LogP contribution in [0, 0.1) is 44.6 Å². The average Bonchev–Trinajstić information content (AvgIpc) is 3.11. The molecular weight excluding hydrogens is 466 g/mol. The first kappa shape index (κ1) is 26.8. The first-order valence-corrected chi connectivity index (χ1v) is 14.0. The molecule has 1 heterocycles. The number of nitrogens with zero attached hydrogens (tertiary/aromatic N) is 1. The molecule has 9 heteroatoms. The van der Waals surface area contributed by atoms with Crippen molar-refractivity contribution in [1.82, 2.24) is 0 Å². The second-order valence-corrected chi connectivity index (χ2v) is 13.3. The minimum Gasteiger partial charge on any atom is -0.389 e. The zero-order valence-electron chi connectivity index (χ0n) is 22.1. The van der Waals surface area contributed by atoms with Crippen LogP contribution in [0.3, 0.4) is 0 Å². The summed E-state index contributed by atoms with van der Waals surface area (Å²) in [5, 5.41) is 54.4. The highest BCUT2D eigenvalue weighted by molar-refractivity contribution is 5.17. The van der Waals surface area contributed by atoms with E-state index in [1.165, 1.54) is 0 Å². The summed E-state index contributed by atoms with van der Waals surface area (Å²) in [5.41, 5.74) is -1.19. The fraction of sp³-hybridized carbons (Fsp3) is 1.00. The smallest absolute Gasteiger partial charge is 0.213 e. The largest absolute Gasteiger partial charge is 0.389 e. The maximum absolute atomic E-state index is 12.2. The van der Waals surface area contributed by atoms with Crippen LogP contribution in [0.15, 0.2) is 0 Å². The van der Waals surface area contributed by atoms with Gasteiger partial charge in [-0.3, -0.25) is 10.1 Å². The topological polar surface area (TPSA) is 143 Å². The standard InChI is InChI=1S/C27H45NO8/c1-14(28(33)34)18-9-12-27(32)20-6-5-16-13-17(36-24-23(31)22(30)21(29)15(2)35-24)7-10-25(16,3)19(20)8-11-26(18,27)4/h14-24,29-32H,5-13H2,1-4H3/t14-,15+,16-,17+,18-,19+,20-,21+,22-,23-,24-,25+,26-,27+/m1/s1. The first-order valence-electron chi connectivity index (χ1n) is 14.0. The highest BCUT2D eigenvalue weighted by Gasteiger charge is 2.69. The fourth-order valence-corrected chi connectivity index (χ4v) is 9.59. The zero-order valence-corrected chi connectivity index (χ0v) is 22.1. The molecule has 0 bridgehead atoms. The van der Waals surface area contributed by atoms with Crippen LogP contribution in [0.2, 0.25) is 0 Å². The van der Waals surface area contributed by atoms with E-state index in [2.05, 4.69) is 13.8 Å². The Hall–Kier alpha value is -0.840. The Labute approximate surface area is 213 Å². The van der Waals surface area contributed by atoms with Crippen molar-refractivity contribution in [1.29, 1.82) is 0 Å². The fourth-order valence-electron chi connectivity index (χ4n) is 9.59. The minimum absolute atomic E-state index is 0.0711. The molecule has 9 nitrogen and oxygen atoms in total. The predicted octanol–water partition coefficient (Wildman–Crippen LogP) is 2.64. The molecule has 206 valence electrons. The van der Waals surface area contributed by atoms with Crippen molar-refractivity contribution in [2.75, 3.05) is 0 Å². The molecular formula is C27H45NO8. The summed E-state index contributed by atoms with van der Waals surface area (Å²) in [6.45, 7) is 7.86. The van der Waals surface area contributed by atoms with Gasteiger partial charge in [0.2, 0.25) is 6.04 Å². The number of ether oxygens (including phenoxy) is 2. The quantitative estimate of drug-likeness (QED) is 0.256. The molecule has 0 unspecified atom stereocenters. The maximum atomic E-state index is 12.2. The number of aliphatic hydroxyl groups is 4. The van der Waals surface area contributed by atoms with Crippen LogP contribution < -0.4 is 0 Å². The van der Waals surface area contributed by atoms with Gasteiger partial charge in [-0.1, -0.05) is 13.8 Å². The molecule has 4 aliphatic carbocycles. The lowest BCUT2D eigenvalue weighted by Gasteiger charge is -2.63. The van der Waals surface area contributed by atoms with E-state index in [1.807, 2.05) is 0 Å². The number of hydrogen-bond acceptors (Lipinski definition) is 8. The van der Waals surface area contributed by atoms with Crippen molar-refractivity contribution >= 4 is 0 Å². The summed E-state index contributed by atoms with van der Waals surface area (Å²) in [6, 6.07) is -0.639. The van der Waals surface area contributed by atoms with Gasteiger partial charge in [0.05, 0.1) is 17.8 Å². The molecule has 5 aliphatic rings. The van der Waals surface area contributed by atoms with Gasteiger partial charge < -0.3 is 29.9 Å². The van der Waals surface area contributed by atoms with Crippen LogP contribution in [-0.2, 0) is 9.47 Å². The van der Waals surface area contributed by atoms with Gasteiger partial charge in [0.25, 0.3) is 0 Å². The Morgan fingerprint density at radius 2 is 1.69 bits per heavy atom. The van der Waals surface area contributed by atoms with Crippen molar-refractivity contribution in [3.63, 3.8) is 0 Å². The van der Waals surface area contributed by atoms with E-state index in [0.29, 0.717) is 18.3 Å². The molecule has 0 amide bonds. The second kappa shape index (κ2) is 9.12. The number of fused-ring (bicyclic) bond motifs is 5. The zero-order chi connectivity index (χ0) is 26.2. The number of hydrogen-bond donors (Lipinski definition) is 4. The number of nitro groups is 1. The van der Waals surface area contributed by atoms with E-state index >= 15 is 0 Å². The maximum Gasteiger partial charge on any atom is 0.213 e. The number of rotatable bonds is 4. The second-order valence-electron chi connectivity index (χ2n) is 13.3. The van der Waals surface area contributed by atoms with Crippen molar-refractivity contribution < 1.29 is 34.8 Å². The molecule has 5 rings (SSSR count). The molecule has 4 saturated carbocycles. The van der Waals surface area contributed by atoms with Crippen LogP contribution in [0.1, 0.15) is 85.5 Å². The normalized spacial score (nSPS) is 55.8. The van der Waals surface area contributed by atoms with Gasteiger partial charge >= 0.3 is 0 Å². The van der Waals surface area contributed by atoms with Crippen LogP contribution in [0.25, 0.3) is 0 Å². The molecule has 14 atom stereocenters. The third-order valence-electron chi connectivity index (χ3n) is 11.9. The van der Waals surface area contributed by atoms with Gasteiger partial charge in [-0.05, 0) is 87.9 Å². The van der Waals surface area contributed by atoms with E-state index in [1.54, 1.807) is 13.8 Å². The number of aliphatic hydroxyl groups excluding tert-OH is 3. The summed E-state index contributed by atoms with van der Waals surface area (Å²) in [7, 11) is 0. The van der Waals surface area contributed by atoms with Crippen LogP contribution >= 0.6 is 0 Å². The Morgan fingerprint density at radius 3 is 2.39 bits per heavy atom. The molecule has 1 aliphatic heterocycles. The summed E-state index contributed by atoms with van der Waals surface area (Å²) in [4.78, 5) is 11.5. The highest BCUT2D eigenvalue weighted by Crippen LogP contribution is 2.69. The molecule has 0 spiro atoms. The van der Waals surface area contributed by atoms with Gasteiger partial charge in [0.1, 0.15) is 18.3 Å². The lowest BCUT2D eigenvalue weighted by atomic mass is 9.43. The lowest BCUT2D eigenvalue weighted by Crippen LogP contribution is -2.63.